The fraction of sp³-hybridized carbons (Fsp3) is 0.148. The van der Waals surface area contributed by atoms with Crippen LogP contribution in [-0.4, -0.2) is 22.1 Å². The van der Waals surface area contributed by atoms with Gasteiger partial charge in [0.25, 0.3) is 11.2 Å². The Hall–Kier alpha value is -3.99. The number of carbonyl (C=O) groups excluding carboxylic acids is 1. The molecular weight excluding hydrogens is 565 g/mol. The molecule has 2 aromatic carbocycles. The third-order valence-corrected chi connectivity index (χ3v) is 7.58. The zero-order chi connectivity index (χ0) is 27.8. The first-order valence-electron chi connectivity index (χ1n) is 11.7. The van der Waals surface area contributed by atoms with Crippen LogP contribution in [0.5, 0.6) is 0 Å². The summed E-state index contributed by atoms with van der Waals surface area (Å²) in [5.74, 6) is 0.172. The second-order valence-corrected chi connectivity index (χ2v) is 10.3. The first kappa shape index (κ1) is 26.6. The highest BCUT2D eigenvalue weighted by atomic mass is 35.5. The van der Waals surface area contributed by atoms with Crippen molar-refractivity contribution < 1.29 is 18.9 Å². The van der Waals surface area contributed by atoms with Crippen LogP contribution in [0, 0.1) is 10.1 Å². The summed E-state index contributed by atoms with van der Waals surface area (Å²) in [6.07, 6.45) is 1.57. The molecule has 0 amide bonds. The van der Waals surface area contributed by atoms with E-state index < -0.39 is 16.9 Å². The molecule has 1 aliphatic rings. The van der Waals surface area contributed by atoms with Crippen LogP contribution in [0.2, 0.25) is 10.0 Å². The first-order chi connectivity index (χ1) is 18.7. The molecule has 0 saturated heterocycles. The zero-order valence-corrected chi connectivity index (χ0v) is 22.8. The molecule has 2 aromatic heterocycles. The Labute approximate surface area is 235 Å². The third-order valence-electron chi connectivity index (χ3n) is 6.03. The molecule has 4 aromatic rings. The van der Waals surface area contributed by atoms with Crippen molar-refractivity contribution in [1.29, 1.82) is 0 Å². The van der Waals surface area contributed by atoms with Crippen molar-refractivity contribution in [3.8, 4) is 11.3 Å². The number of fused-ring (bicyclic) bond motifs is 1. The van der Waals surface area contributed by atoms with Crippen LogP contribution in [0.3, 0.4) is 0 Å². The van der Waals surface area contributed by atoms with Gasteiger partial charge < -0.3 is 9.15 Å². The van der Waals surface area contributed by atoms with E-state index in [2.05, 4.69) is 4.99 Å². The van der Waals surface area contributed by atoms with Gasteiger partial charge in [-0.2, -0.15) is 0 Å². The topological polar surface area (TPSA) is 117 Å². The molecule has 1 aliphatic heterocycles. The Morgan fingerprint density at radius 1 is 1.21 bits per heavy atom. The lowest BCUT2D eigenvalue weighted by atomic mass is 9.96. The van der Waals surface area contributed by atoms with Gasteiger partial charge in [0.2, 0.25) is 0 Å². The number of nitrogens with zero attached hydrogens (tertiary/aromatic N) is 3. The van der Waals surface area contributed by atoms with Crippen LogP contribution >= 0.6 is 34.5 Å². The highest BCUT2D eigenvalue weighted by Gasteiger charge is 2.33. The maximum absolute atomic E-state index is 13.7. The van der Waals surface area contributed by atoms with Crippen LogP contribution in [0.15, 0.2) is 80.1 Å². The van der Waals surface area contributed by atoms with Crippen LogP contribution < -0.4 is 14.9 Å². The SMILES string of the molecule is CCOC(=O)C1=C(C)N=c2s/c(=C\c3ccc(-c4ccc(Cl)c([N+](=O)[O-])c4)o3)c(=O)n2[C@H]1c1ccc(Cl)cc1. The minimum absolute atomic E-state index is 0.0179. The van der Waals surface area contributed by atoms with Crippen molar-refractivity contribution in [1.82, 2.24) is 4.57 Å². The van der Waals surface area contributed by atoms with Crippen molar-refractivity contribution in [3.63, 3.8) is 0 Å². The number of thiazole rings is 1. The van der Waals surface area contributed by atoms with E-state index in [9.17, 15) is 19.7 Å². The van der Waals surface area contributed by atoms with Gasteiger partial charge in [-0.25, -0.2) is 9.79 Å². The molecule has 3 heterocycles. The maximum Gasteiger partial charge on any atom is 0.338 e. The first-order valence-corrected chi connectivity index (χ1v) is 13.2. The lowest BCUT2D eigenvalue weighted by molar-refractivity contribution is -0.384. The smallest absolute Gasteiger partial charge is 0.338 e. The quantitative estimate of drug-likeness (QED) is 0.173. The molecule has 0 spiro atoms. The number of halogens is 2. The molecule has 0 N–H and O–H groups in total. The standard InChI is InChI=1S/C27H19Cl2N3O6S/c1-3-37-26(34)23-14(2)30-27-31(24(23)15-4-7-17(28)8-5-15)25(33)22(39-27)13-18-9-11-21(38-18)16-6-10-19(29)20(12-16)32(35)36/h4-13,24H,3H2,1-2H3/b22-13-/t24-/m0/s1. The molecule has 1 atom stereocenters. The lowest BCUT2D eigenvalue weighted by Gasteiger charge is -2.24. The zero-order valence-electron chi connectivity index (χ0n) is 20.5. The summed E-state index contributed by atoms with van der Waals surface area (Å²) in [6.45, 7) is 3.58. The van der Waals surface area contributed by atoms with Gasteiger partial charge in [-0.05, 0) is 55.8 Å². The van der Waals surface area contributed by atoms with E-state index in [4.69, 9.17) is 32.4 Å². The minimum Gasteiger partial charge on any atom is -0.463 e. The van der Waals surface area contributed by atoms with Gasteiger partial charge in [-0.15, -0.1) is 0 Å². The van der Waals surface area contributed by atoms with Crippen LogP contribution in [0.1, 0.15) is 31.2 Å². The Morgan fingerprint density at radius 2 is 1.95 bits per heavy atom. The molecular formula is C27H19Cl2N3O6S. The summed E-state index contributed by atoms with van der Waals surface area (Å²) in [7, 11) is 0. The van der Waals surface area contributed by atoms with Crippen molar-refractivity contribution >= 4 is 52.3 Å². The van der Waals surface area contributed by atoms with Gasteiger partial charge in [0.1, 0.15) is 16.5 Å². The van der Waals surface area contributed by atoms with Crippen LogP contribution in [-0.2, 0) is 9.53 Å². The maximum atomic E-state index is 13.7. The molecule has 0 unspecified atom stereocenters. The monoisotopic (exact) mass is 583 g/mol. The largest absolute Gasteiger partial charge is 0.463 e. The fourth-order valence-corrected chi connectivity index (χ4v) is 5.61. The average molecular weight is 584 g/mol. The highest BCUT2D eigenvalue weighted by Crippen LogP contribution is 2.32. The predicted octanol–water partition coefficient (Wildman–Crippen LogP) is 5.27. The van der Waals surface area contributed by atoms with Crippen LogP contribution in [0.25, 0.3) is 17.4 Å². The van der Waals surface area contributed by atoms with Crippen molar-refractivity contribution in [2.75, 3.05) is 6.61 Å². The minimum atomic E-state index is -0.763. The average Bonchev–Trinajstić information content (AvgIpc) is 3.48. The van der Waals surface area contributed by atoms with Gasteiger partial charge in [0.15, 0.2) is 4.80 Å². The molecule has 0 fully saturated rings. The normalized spacial score (nSPS) is 15.2. The Morgan fingerprint density at radius 3 is 2.64 bits per heavy atom. The van der Waals surface area contributed by atoms with Crippen molar-refractivity contribution in [3.05, 3.63) is 117 Å². The van der Waals surface area contributed by atoms with Gasteiger partial charge in [-0.3, -0.25) is 19.5 Å². The highest BCUT2D eigenvalue weighted by molar-refractivity contribution is 7.07. The molecule has 9 nitrogen and oxygen atoms in total. The van der Waals surface area contributed by atoms with E-state index in [0.29, 0.717) is 42.7 Å². The summed E-state index contributed by atoms with van der Waals surface area (Å²) < 4.78 is 13.0. The van der Waals surface area contributed by atoms with E-state index >= 15 is 0 Å². The number of furan rings is 1. The number of benzene rings is 2. The van der Waals surface area contributed by atoms with E-state index in [0.717, 1.165) is 11.3 Å². The number of rotatable bonds is 6. The Kier molecular flexibility index (Phi) is 7.26. The number of nitro groups is 1. The van der Waals surface area contributed by atoms with Gasteiger partial charge in [0, 0.05) is 22.7 Å². The van der Waals surface area contributed by atoms with E-state index in [1.807, 2.05) is 0 Å². The lowest BCUT2D eigenvalue weighted by Crippen LogP contribution is -2.39. The second kappa shape index (κ2) is 10.6. The molecule has 0 radical (unpaired) electrons. The van der Waals surface area contributed by atoms with Gasteiger partial charge in [-0.1, -0.05) is 46.7 Å². The number of esters is 1. The van der Waals surface area contributed by atoms with E-state index in [1.165, 1.54) is 16.7 Å². The second-order valence-electron chi connectivity index (χ2n) is 8.48. The van der Waals surface area contributed by atoms with Gasteiger partial charge >= 0.3 is 5.97 Å². The molecule has 12 heteroatoms. The predicted molar refractivity (Wildman–Crippen MR) is 148 cm³/mol. The van der Waals surface area contributed by atoms with Crippen LogP contribution in [0.4, 0.5) is 5.69 Å². The molecule has 39 heavy (non-hydrogen) atoms. The van der Waals surface area contributed by atoms with Crippen molar-refractivity contribution in [2.45, 2.75) is 19.9 Å². The number of ether oxygens (including phenoxy) is 1. The molecule has 0 bridgehead atoms. The number of allylic oxidation sites excluding steroid dienone is 1. The fourth-order valence-electron chi connectivity index (χ4n) is 4.27. The third kappa shape index (κ3) is 5.06. The number of aromatic nitrogens is 1. The summed E-state index contributed by atoms with van der Waals surface area (Å²) in [6, 6.07) is 13.8. The summed E-state index contributed by atoms with van der Waals surface area (Å²) in [5.41, 5.74) is 1.25. The van der Waals surface area contributed by atoms with E-state index in [-0.39, 0.29) is 28.4 Å². The number of hydrogen-bond donors (Lipinski definition) is 0. The van der Waals surface area contributed by atoms with Gasteiger partial charge in [0.05, 0.1) is 33.4 Å². The molecule has 198 valence electrons. The molecule has 0 saturated carbocycles. The Bertz CT molecular complexity index is 1840. The number of nitro benzene ring substituents is 1. The number of carbonyl (C=O) groups is 1. The van der Waals surface area contributed by atoms with E-state index in [1.54, 1.807) is 62.4 Å². The van der Waals surface area contributed by atoms with Crippen molar-refractivity contribution in [2.24, 2.45) is 4.99 Å². The number of hydrogen-bond acceptors (Lipinski definition) is 8. The molecule has 0 aliphatic carbocycles. The summed E-state index contributed by atoms with van der Waals surface area (Å²) in [5, 5.41) is 11.8. The summed E-state index contributed by atoms with van der Waals surface area (Å²) in [4.78, 5) is 42.3. The molecule has 5 rings (SSSR count). The summed E-state index contributed by atoms with van der Waals surface area (Å²) >= 11 is 13.2. The Balaban J connectivity index is 1.61.